The van der Waals surface area contributed by atoms with Crippen molar-refractivity contribution in [3.8, 4) is 11.3 Å². The summed E-state index contributed by atoms with van der Waals surface area (Å²) in [6.45, 7) is 2.30. The molecule has 1 aliphatic carbocycles. The largest absolute Gasteiger partial charge is 0.395 e. The van der Waals surface area contributed by atoms with Crippen molar-refractivity contribution in [3.63, 3.8) is 0 Å². The molecule has 0 atom stereocenters. The number of imidazole rings is 1. The van der Waals surface area contributed by atoms with E-state index in [1.165, 1.54) is 23.9 Å². The van der Waals surface area contributed by atoms with Gasteiger partial charge in [0.1, 0.15) is 10.8 Å². The van der Waals surface area contributed by atoms with Crippen molar-refractivity contribution in [2.75, 3.05) is 18.5 Å². The van der Waals surface area contributed by atoms with Crippen LogP contribution < -0.4 is 5.32 Å². The van der Waals surface area contributed by atoms with Crippen LogP contribution in [-0.4, -0.2) is 38.6 Å². The Morgan fingerprint density at radius 1 is 1.24 bits per heavy atom. The Morgan fingerprint density at radius 2 is 2.09 bits per heavy atom. The van der Waals surface area contributed by atoms with Gasteiger partial charge in [0.25, 0.3) is 0 Å². The average molecular weight is 477 g/mol. The van der Waals surface area contributed by atoms with Gasteiger partial charge in [-0.2, -0.15) is 5.10 Å². The van der Waals surface area contributed by atoms with Crippen LogP contribution in [0, 0.1) is 18.7 Å². The monoisotopic (exact) mass is 476 g/mol. The zero-order valence-corrected chi connectivity index (χ0v) is 19.6. The number of halogens is 1. The molecular formula is C26H25FN4O2S. The Kier molecular flexibility index (Phi) is 6.34. The standard InChI is InChI=1S/C26H25FN4O2S/c1-16-11-18(7-8-21(16)24(33)12-17-5-6-17)23-15-29-26-22(28-9-10-32)14-25(30-31(23)26)34-20-4-2-3-19(27)13-20/h2-4,7-8,11,13-15,17,28,32H,5-6,9-10,12H2,1H3. The molecule has 0 saturated heterocycles. The number of nitrogens with zero attached hydrogens (tertiary/aromatic N) is 3. The van der Waals surface area contributed by atoms with Gasteiger partial charge in [0.15, 0.2) is 11.4 Å². The number of aromatic nitrogens is 3. The molecule has 0 spiro atoms. The molecular weight excluding hydrogens is 451 g/mol. The van der Waals surface area contributed by atoms with Crippen molar-refractivity contribution < 1.29 is 14.3 Å². The lowest BCUT2D eigenvalue weighted by molar-refractivity contribution is 0.0975. The Hall–Kier alpha value is -3.23. The lowest BCUT2D eigenvalue weighted by atomic mass is 9.98. The summed E-state index contributed by atoms with van der Waals surface area (Å²) in [6.07, 6.45) is 4.68. The van der Waals surface area contributed by atoms with Gasteiger partial charge in [0.2, 0.25) is 0 Å². The number of fused-ring (bicyclic) bond motifs is 1. The summed E-state index contributed by atoms with van der Waals surface area (Å²) in [5, 5.41) is 17.9. The highest BCUT2D eigenvalue weighted by Gasteiger charge is 2.25. The highest BCUT2D eigenvalue weighted by atomic mass is 32.2. The summed E-state index contributed by atoms with van der Waals surface area (Å²) in [5.74, 6) is 0.445. The van der Waals surface area contributed by atoms with Crippen LogP contribution in [0.25, 0.3) is 16.9 Å². The molecule has 34 heavy (non-hydrogen) atoms. The molecule has 0 amide bonds. The molecule has 0 unspecified atom stereocenters. The minimum atomic E-state index is -0.306. The highest BCUT2D eigenvalue weighted by molar-refractivity contribution is 7.99. The van der Waals surface area contributed by atoms with Crippen LogP contribution in [0.3, 0.4) is 0 Å². The number of hydrogen-bond donors (Lipinski definition) is 2. The third kappa shape index (κ3) is 4.83. The minimum absolute atomic E-state index is 0.0238. The van der Waals surface area contributed by atoms with Crippen LogP contribution >= 0.6 is 11.8 Å². The zero-order chi connectivity index (χ0) is 23.7. The summed E-state index contributed by atoms with van der Waals surface area (Å²) >= 11 is 1.35. The molecule has 174 valence electrons. The molecule has 1 saturated carbocycles. The van der Waals surface area contributed by atoms with Gasteiger partial charge in [-0.25, -0.2) is 13.9 Å². The number of ketones is 1. The lowest BCUT2D eigenvalue weighted by Gasteiger charge is -2.11. The Balaban J connectivity index is 1.53. The van der Waals surface area contributed by atoms with Gasteiger partial charge in [0, 0.05) is 29.0 Å². The van der Waals surface area contributed by atoms with Crippen molar-refractivity contribution in [2.45, 2.75) is 36.1 Å². The van der Waals surface area contributed by atoms with E-state index in [4.69, 9.17) is 5.10 Å². The lowest BCUT2D eigenvalue weighted by Crippen LogP contribution is -2.08. The molecule has 1 fully saturated rings. The second-order valence-corrected chi connectivity index (χ2v) is 9.68. The number of carbonyl (C=O) groups is 1. The molecule has 2 heterocycles. The van der Waals surface area contributed by atoms with E-state index in [2.05, 4.69) is 10.3 Å². The predicted octanol–water partition coefficient (Wildman–Crippen LogP) is 5.38. The van der Waals surface area contributed by atoms with Crippen LogP contribution in [0.4, 0.5) is 10.1 Å². The molecule has 0 aliphatic heterocycles. The summed E-state index contributed by atoms with van der Waals surface area (Å²) in [5.41, 5.74) is 4.74. The van der Waals surface area contributed by atoms with E-state index in [9.17, 15) is 14.3 Å². The van der Waals surface area contributed by atoms with Crippen molar-refractivity contribution in [2.24, 2.45) is 5.92 Å². The summed E-state index contributed by atoms with van der Waals surface area (Å²) in [6, 6.07) is 14.0. The van der Waals surface area contributed by atoms with Crippen LogP contribution in [-0.2, 0) is 0 Å². The molecule has 0 radical (unpaired) electrons. The fourth-order valence-electron chi connectivity index (χ4n) is 3.99. The first-order valence-corrected chi connectivity index (χ1v) is 12.1. The number of benzene rings is 2. The van der Waals surface area contributed by atoms with Crippen molar-refractivity contribution in [3.05, 3.63) is 71.7 Å². The van der Waals surface area contributed by atoms with E-state index in [-0.39, 0.29) is 18.2 Å². The fourth-order valence-corrected chi connectivity index (χ4v) is 4.85. The van der Waals surface area contributed by atoms with E-state index in [0.717, 1.165) is 45.8 Å². The Bertz CT molecular complexity index is 1370. The van der Waals surface area contributed by atoms with Crippen LogP contribution in [0.2, 0.25) is 0 Å². The fraction of sp³-hybridized carbons (Fsp3) is 0.269. The predicted molar refractivity (Wildman–Crippen MR) is 131 cm³/mol. The highest BCUT2D eigenvalue weighted by Crippen LogP contribution is 2.35. The summed E-state index contributed by atoms with van der Waals surface area (Å²) in [4.78, 5) is 17.9. The second kappa shape index (κ2) is 9.56. The Morgan fingerprint density at radius 3 is 2.82 bits per heavy atom. The van der Waals surface area contributed by atoms with Crippen LogP contribution in [0.15, 0.2) is 64.6 Å². The molecule has 8 heteroatoms. The van der Waals surface area contributed by atoms with Gasteiger partial charge in [0.05, 0.1) is 24.2 Å². The van der Waals surface area contributed by atoms with E-state index in [1.807, 2.05) is 37.3 Å². The van der Waals surface area contributed by atoms with E-state index < -0.39 is 0 Å². The average Bonchev–Trinajstić information content (AvgIpc) is 3.52. The van der Waals surface area contributed by atoms with E-state index in [0.29, 0.717) is 29.6 Å². The summed E-state index contributed by atoms with van der Waals surface area (Å²) in [7, 11) is 0. The molecule has 2 N–H and O–H groups in total. The van der Waals surface area contributed by atoms with Crippen molar-refractivity contribution in [1.82, 2.24) is 14.6 Å². The molecule has 5 rings (SSSR count). The van der Waals surface area contributed by atoms with Crippen LogP contribution in [0.1, 0.15) is 35.2 Å². The van der Waals surface area contributed by atoms with Gasteiger partial charge in [-0.3, -0.25) is 4.79 Å². The quantitative estimate of drug-likeness (QED) is 0.316. The van der Waals surface area contributed by atoms with Gasteiger partial charge >= 0.3 is 0 Å². The van der Waals surface area contributed by atoms with Gasteiger partial charge in [-0.05, 0) is 61.6 Å². The van der Waals surface area contributed by atoms with Crippen molar-refractivity contribution in [1.29, 1.82) is 0 Å². The van der Waals surface area contributed by atoms with Crippen LogP contribution in [0.5, 0.6) is 0 Å². The zero-order valence-electron chi connectivity index (χ0n) is 18.8. The third-order valence-corrected chi connectivity index (χ3v) is 6.78. The maximum Gasteiger partial charge on any atom is 0.177 e. The first-order chi connectivity index (χ1) is 16.5. The van der Waals surface area contributed by atoms with Gasteiger partial charge in [-0.15, -0.1) is 0 Å². The number of rotatable bonds is 9. The summed E-state index contributed by atoms with van der Waals surface area (Å²) < 4.78 is 15.4. The second-order valence-electron chi connectivity index (χ2n) is 8.59. The number of aliphatic hydroxyl groups is 1. The molecule has 2 aromatic heterocycles. The first kappa shape index (κ1) is 22.6. The van der Waals surface area contributed by atoms with E-state index in [1.54, 1.807) is 16.8 Å². The number of aryl methyl sites for hydroxylation is 1. The number of nitrogens with one attached hydrogen (secondary N) is 1. The minimum Gasteiger partial charge on any atom is -0.395 e. The number of hydrogen-bond acceptors (Lipinski definition) is 6. The smallest absolute Gasteiger partial charge is 0.177 e. The first-order valence-electron chi connectivity index (χ1n) is 11.3. The number of carbonyl (C=O) groups excluding carboxylic acids is 1. The number of anilines is 1. The maximum atomic E-state index is 13.7. The number of aliphatic hydroxyl groups excluding tert-OH is 1. The normalized spacial score (nSPS) is 13.4. The third-order valence-electron chi connectivity index (χ3n) is 5.88. The van der Waals surface area contributed by atoms with E-state index >= 15 is 0 Å². The maximum absolute atomic E-state index is 13.7. The van der Waals surface area contributed by atoms with Gasteiger partial charge < -0.3 is 10.4 Å². The van der Waals surface area contributed by atoms with Gasteiger partial charge in [-0.1, -0.05) is 30.0 Å². The number of Topliss-reactive ketones (excluding diaryl/α,β-unsaturated/α-hetero) is 1. The SMILES string of the molecule is Cc1cc(-c2cnc3c(NCCO)cc(Sc4cccc(F)c4)nn23)ccc1C(=O)CC1CC1. The molecule has 1 aliphatic rings. The topological polar surface area (TPSA) is 79.5 Å². The molecule has 0 bridgehead atoms. The van der Waals surface area contributed by atoms with Crippen molar-refractivity contribution >= 4 is 28.9 Å². The molecule has 2 aromatic carbocycles. The molecule has 4 aromatic rings. The Labute approximate surface area is 201 Å². The molecule has 6 nitrogen and oxygen atoms in total.